The average molecular weight is 469 g/mol. The molecule has 0 spiro atoms. The second-order valence-electron chi connectivity index (χ2n) is 6.72. The molecule has 4 nitrogen and oxygen atoms in total. The Morgan fingerprint density at radius 2 is 1.69 bits per heavy atom. The van der Waals surface area contributed by atoms with Gasteiger partial charge in [0.25, 0.3) is 0 Å². The molecule has 0 radical (unpaired) electrons. The first-order valence-electron chi connectivity index (χ1n) is 9.19. The van der Waals surface area contributed by atoms with E-state index >= 15 is 0 Å². The van der Waals surface area contributed by atoms with Crippen LogP contribution in [0.1, 0.15) is 11.1 Å². The molecular weight excluding hydrogens is 448 g/mol. The number of hydrogen-bond donors (Lipinski definition) is 1. The van der Waals surface area contributed by atoms with Crippen LogP contribution in [-0.2, 0) is 6.54 Å². The second kappa shape index (κ2) is 8.43. The minimum atomic E-state index is 0.667. The molecule has 0 saturated heterocycles. The van der Waals surface area contributed by atoms with Crippen molar-refractivity contribution >= 4 is 43.2 Å². The molecule has 0 unspecified atom stereocenters. The van der Waals surface area contributed by atoms with Crippen molar-refractivity contribution in [2.45, 2.75) is 13.5 Å². The Hall–Kier alpha value is -2.57. The van der Waals surface area contributed by atoms with E-state index in [4.69, 9.17) is 14.5 Å². The summed E-state index contributed by atoms with van der Waals surface area (Å²) in [5.74, 6) is 1.42. The van der Waals surface area contributed by atoms with Crippen LogP contribution in [0.3, 0.4) is 0 Å². The molecule has 1 aromatic heterocycles. The van der Waals surface area contributed by atoms with E-state index < -0.39 is 0 Å². The normalized spacial score (nSPS) is 10.9. The van der Waals surface area contributed by atoms with Crippen LogP contribution in [0.5, 0.6) is 11.5 Å². The van der Waals surface area contributed by atoms with E-state index in [1.165, 1.54) is 10.3 Å². The number of ether oxygens (including phenoxy) is 2. The van der Waals surface area contributed by atoms with Crippen molar-refractivity contribution in [2.24, 2.45) is 0 Å². The van der Waals surface area contributed by atoms with Gasteiger partial charge in [0.2, 0.25) is 0 Å². The minimum Gasteiger partial charge on any atom is -0.493 e. The van der Waals surface area contributed by atoms with Gasteiger partial charge in [0.05, 0.1) is 24.4 Å². The zero-order chi connectivity index (χ0) is 20.4. The maximum atomic E-state index is 5.40. The fourth-order valence-electron chi connectivity index (χ4n) is 3.12. The predicted octanol–water partition coefficient (Wildman–Crippen LogP) is 6.66. The molecule has 1 heterocycles. The molecular formula is C23H21BrN2O2S. The SMILES string of the molecule is COc1cc(Br)c(CNc2ccc(-c3nc4ccc(C)cc4s3)cc2)cc1OC. The summed E-state index contributed by atoms with van der Waals surface area (Å²) in [6.07, 6.45) is 0. The van der Waals surface area contributed by atoms with E-state index in [9.17, 15) is 0 Å². The number of aryl methyl sites for hydroxylation is 1. The Kier molecular flexibility index (Phi) is 5.74. The second-order valence-corrected chi connectivity index (χ2v) is 8.60. The molecule has 3 aromatic carbocycles. The molecule has 1 N–H and O–H groups in total. The van der Waals surface area contributed by atoms with E-state index in [-0.39, 0.29) is 0 Å². The lowest BCUT2D eigenvalue weighted by molar-refractivity contribution is 0.354. The quantitative estimate of drug-likeness (QED) is 0.343. The van der Waals surface area contributed by atoms with Crippen molar-refractivity contribution in [3.05, 3.63) is 70.2 Å². The van der Waals surface area contributed by atoms with Crippen molar-refractivity contribution < 1.29 is 9.47 Å². The molecule has 6 heteroatoms. The number of fused-ring (bicyclic) bond motifs is 1. The molecule has 0 atom stereocenters. The fraction of sp³-hybridized carbons (Fsp3) is 0.174. The third-order valence-corrected chi connectivity index (χ3v) is 6.52. The Morgan fingerprint density at radius 1 is 0.966 bits per heavy atom. The number of rotatable bonds is 6. The fourth-order valence-corrected chi connectivity index (χ4v) is 4.65. The maximum Gasteiger partial charge on any atom is 0.161 e. The summed E-state index contributed by atoms with van der Waals surface area (Å²) in [6.45, 7) is 2.77. The minimum absolute atomic E-state index is 0.667. The molecule has 0 aliphatic carbocycles. The summed E-state index contributed by atoms with van der Waals surface area (Å²) in [7, 11) is 3.28. The smallest absolute Gasteiger partial charge is 0.161 e. The number of benzene rings is 3. The van der Waals surface area contributed by atoms with Crippen LogP contribution in [0.15, 0.2) is 59.1 Å². The standard InChI is InChI=1S/C23H21BrN2O2S/c1-14-4-9-19-22(10-14)29-23(26-19)15-5-7-17(8-6-15)25-13-16-11-20(27-2)21(28-3)12-18(16)24/h4-12,25H,13H2,1-3H3. The lowest BCUT2D eigenvalue weighted by Gasteiger charge is -2.13. The summed E-state index contributed by atoms with van der Waals surface area (Å²) in [4.78, 5) is 4.76. The largest absolute Gasteiger partial charge is 0.493 e. The summed E-state index contributed by atoms with van der Waals surface area (Å²) in [6, 6.07) is 18.7. The number of nitrogens with one attached hydrogen (secondary N) is 1. The van der Waals surface area contributed by atoms with Crippen molar-refractivity contribution in [2.75, 3.05) is 19.5 Å². The van der Waals surface area contributed by atoms with Crippen LogP contribution in [0.2, 0.25) is 0 Å². The van der Waals surface area contributed by atoms with Crippen LogP contribution in [0.25, 0.3) is 20.8 Å². The van der Waals surface area contributed by atoms with Gasteiger partial charge in [-0.3, -0.25) is 0 Å². The Labute approximate surface area is 182 Å². The highest BCUT2D eigenvalue weighted by Crippen LogP contribution is 2.34. The molecule has 0 aliphatic heterocycles. The van der Waals surface area contributed by atoms with E-state index in [1.54, 1.807) is 25.6 Å². The number of halogens is 1. The predicted molar refractivity (Wildman–Crippen MR) is 124 cm³/mol. The van der Waals surface area contributed by atoms with Crippen LogP contribution >= 0.6 is 27.3 Å². The van der Waals surface area contributed by atoms with Gasteiger partial charge in [0.1, 0.15) is 5.01 Å². The zero-order valence-electron chi connectivity index (χ0n) is 16.5. The van der Waals surface area contributed by atoms with Crippen LogP contribution in [0.4, 0.5) is 5.69 Å². The molecule has 0 amide bonds. The number of anilines is 1. The van der Waals surface area contributed by atoms with Crippen molar-refractivity contribution in [3.8, 4) is 22.1 Å². The van der Waals surface area contributed by atoms with Crippen molar-refractivity contribution in [1.82, 2.24) is 4.98 Å². The number of methoxy groups -OCH3 is 2. The third-order valence-electron chi connectivity index (χ3n) is 4.71. The average Bonchev–Trinajstić information content (AvgIpc) is 3.16. The van der Waals surface area contributed by atoms with Crippen molar-refractivity contribution in [1.29, 1.82) is 0 Å². The molecule has 0 bridgehead atoms. The zero-order valence-corrected chi connectivity index (χ0v) is 18.9. The van der Waals surface area contributed by atoms with Gasteiger partial charge >= 0.3 is 0 Å². The Bertz CT molecular complexity index is 1160. The van der Waals surface area contributed by atoms with Gasteiger partial charge < -0.3 is 14.8 Å². The van der Waals surface area contributed by atoms with Crippen molar-refractivity contribution in [3.63, 3.8) is 0 Å². The van der Waals surface area contributed by atoms with Crippen LogP contribution < -0.4 is 14.8 Å². The molecule has 4 aromatic rings. The van der Waals surface area contributed by atoms with Gasteiger partial charge in [0.15, 0.2) is 11.5 Å². The first-order valence-corrected chi connectivity index (χ1v) is 10.8. The number of aromatic nitrogens is 1. The summed E-state index contributed by atoms with van der Waals surface area (Å²) >= 11 is 5.33. The summed E-state index contributed by atoms with van der Waals surface area (Å²) in [5.41, 5.74) is 5.58. The number of nitrogens with zero attached hydrogens (tertiary/aromatic N) is 1. The molecule has 0 aliphatic rings. The van der Waals surface area contributed by atoms with Gasteiger partial charge in [-0.15, -0.1) is 11.3 Å². The van der Waals surface area contributed by atoms with E-state index in [1.807, 2.05) is 12.1 Å². The molecule has 29 heavy (non-hydrogen) atoms. The topological polar surface area (TPSA) is 43.4 Å². The highest BCUT2D eigenvalue weighted by atomic mass is 79.9. The summed E-state index contributed by atoms with van der Waals surface area (Å²) in [5, 5.41) is 4.50. The van der Waals surface area contributed by atoms with Gasteiger partial charge in [0, 0.05) is 22.3 Å². The Morgan fingerprint density at radius 3 is 2.41 bits per heavy atom. The molecule has 0 fully saturated rings. The monoisotopic (exact) mass is 468 g/mol. The van der Waals surface area contributed by atoms with Gasteiger partial charge in [-0.25, -0.2) is 4.98 Å². The van der Waals surface area contributed by atoms with Gasteiger partial charge in [-0.2, -0.15) is 0 Å². The van der Waals surface area contributed by atoms with Crippen LogP contribution in [0, 0.1) is 6.92 Å². The maximum absolute atomic E-state index is 5.40. The first kappa shape index (κ1) is 19.7. The lowest BCUT2D eigenvalue weighted by Crippen LogP contribution is -2.01. The highest BCUT2D eigenvalue weighted by molar-refractivity contribution is 9.10. The number of thiazole rings is 1. The van der Waals surface area contributed by atoms with Crippen LogP contribution in [-0.4, -0.2) is 19.2 Å². The van der Waals surface area contributed by atoms with Gasteiger partial charge in [-0.05, 0) is 66.6 Å². The van der Waals surface area contributed by atoms with E-state index in [0.717, 1.165) is 31.8 Å². The van der Waals surface area contributed by atoms with E-state index in [2.05, 4.69) is 70.6 Å². The van der Waals surface area contributed by atoms with E-state index in [0.29, 0.717) is 18.0 Å². The molecule has 148 valence electrons. The first-order chi connectivity index (χ1) is 14.1. The molecule has 0 saturated carbocycles. The summed E-state index contributed by atoms with van der Waals surface area (Å²) < 4.78 is 12.9. The van der Waals surface area contributed by atoms with Gasteiger partial charge in [-0.1, -0.05) is 22.0 Å². The highest BCUT2D eigenvalue weighted by Gasteiger charge is 2.10. The molecule has 4 rings (SSSR count). The third kappa shape index (κ3) is 4.23. The Balaban J connectivity index is 1.50. The number of hydrogen-bond acceptors (Lipinski definition) is 5. The lowest BCUT2D eigenvalue weighted by atomic mass is 10.1.